The van der Waals surface area contributed by atoms with Crippen molar-refractivity contribution in [2.24, 2.45) is 5.92 Å². The van der Waals surface area contributed by atoms with Crippen LogP contribution in [0.5, 0.6) is 0 Å². The number of halogens is 1. The Morgan fingerprint density at radius 1 is 0.534 bits per heavy atom. The summed E-state index contributed by atoms with van der Waals surface area (Å²) >= 11 is 2.27. The van der Waals surface area contributed by atoms with E-state index in [9.17, 15) is 14.4 Å². The smallest absolute Gasteiger partial charge is 0.179 e. The Hall–Kier alpha value is -3.24. The molecule has 4 aromatic rings. The van der Waals surface area contributed by atoms with Crippen LogP contribution < -0.4 is 0 Å². The maximum atomic E-state index is 12.9. The van der Waals surface area contributed by atoms with Crippen LogP contribution in [0.2, 0.25) is 0 Å². The van der Waals surface area contributed by atoms with E-state index in [1.807, 2.05) is 66.7 Å². The number of hydrogen-bond acceptors (Lipinski definition) is 6. The van der Waals surface area contributed by atoms with Gasteiger partial charge in [0.15, 0.2) is 17.3 Å². The summed E-state index contributed by atoms with van der Waals surface area (Å²) in [5.41, 5.74) is 3.79. The number of rotatable bonds is 15. The van der Waals surface area contributed by atoms with Gasteiger partial charge in [-0.3, -0.25) is 29.1 Å². The van der Waals surface area contributed by atoms with Crippen LogP contribution in [-0.4, -0.2) is 89.4 Å². The summed E-state index contributed by atoms with van der Waals surface area (Å²) in [6, 6.07) is 30.5. The van der Waals surface area contributed by atoms with Crippen molar-refractivity contribution < 1.29 is 14.4 Å². The highest BCUT2D eigenvalue weighted by Gasteiger charge is 2.31. The van der Waals surface area contributed by atoms with Crippen LogP contribution in [0.25, 0.3) is 10.8 Å². The molecule has 3 aliphatic rings. The van der Waals surface area contributed by atoms with Crippen LogP contribution in [-0.2, 0) is 0 Å². The zero-order valence-electron chi connectivity index (χ0n) is 35.9. The third-order valence-electron chi connectivity index (χ3n) is 12.0. The Morgan fingerprint density at radius 3 is 1.40 bits per heavy atom. The van der Waals surface area contributed by atoms with Crippen LogP contribution >= 0.6 is 22.6 Å². The second-order valence-corrected chi connectivity index (χ2v) is 18.3. The zero-order valence-corrected chi connectivity index (χ0v) is 38.1. The summed E-state index contributed by atoms with van der Waals surface area (Å²) in [7, 11) is 0. The molecular weight excluding hydrogens is 829 g/mol. The molecule has 7 heteroatoms. The minimum atomic E-state index is 0.0682. The molecule has 58 heavy (non-hydrogen) atoms. The fourth-order valence-corrected chi connectivity index (χ4v) is 9.15. The van der Waals surface area contributed by atoms with E-state index >= 15 is 0 Å². The molecule has 0 N–H and O–H groups in total. The van der Waals surface area contributed by atoms with Crippen molar-refractivity contribution >= 4 is 50.7 Å². The molecule has 3 atom stereocenters. The van der Waals surface area contributed by atoms with E-state index in [2.05, 4.69) is 96.2 Å². The first-order valence-corrected chi connectivity index (χ1v) is 23.3. The lowest BCUT2D eigenvalue weighted by molar-refractivity contribution is 0.0818. The predicted molar refractivity (Wildman–Crippen MR) is 250 cm³/mol. The Bertz CT molecular complexity index is 1870. The number of benzene rings is 4. The molecular formula is C51H68IN3O3. The molecule has 0 aliphatic carbocycles. The molecule has 3 fully saturated rings. The van der Waals surface area contributed by atoms with Crippen LogP contribution in [0.15, 0.2) is 91.0 Å². The van der Waals surface area contributed by atoms with Crippen molar-refractivity contribution in [3.63, 3.8) is 0 Å². The number of hydrogen-bond donors (Lipinski definition) is 0. The van der Waals surface area contributed by atoms with Gasteiger partial charge in [0.25, 0.3) is 0 Å². The number of fused-ring (bicyclic) bond motifs is 1. The largest absolute Gasteiger partial charge is 0.293 e. The first-order chi connectivity index (χ1) is 28.1. The minimum Gasteiger partial charge on any atom is -0.293 e. The third-order valence-corrected chi connectivity index (χ3v) is 12.7. The molecule has 0 aromatic heterocycles. The Morgan fingerprint density at radius 2 is 0.931 bits per heavy atom. The first kappa shape index (κ1) is 45.8. The van der Waals surface area contributed by atoms with Gasteiger partial charge in [0.05, 0.1) is 18.1 Å². The number of carbonyl (C=O) groups excluding carboxylic acids is 3. The highest BCUT2D eigenvalue weighted by molar-refractivity contribution is 14.1. The van der Waals surface area contributed by atoms with Gasteiger partial charge in [-0.25, -0.2) is 0 Å². The molecule has 312 valence electrons. The molecule has 3 unspecified atom stereocenters. The fraction of sp³-hybridized carbons (Fsp3) is 0.510. The fourth-order valence-electron chi connectivity index (χ4n) is 8.79. The number of aryl methyl sites for hydroxylation is 1. The van der Waals surface area contributed by atoms with Crippen LogP contribution in [0, 0.1) is 16.4 Å². The van der Waals surface area contributed by atoms with E-state index < -0.39 is 0 Å². The van der Waals surface area contributed by atoms with Crippen LogP contribution in [0.3, 0.4) is 0 Å². The molecule has 0 bridgehead atoms. The predicted octanol–water partition coefficient (Wildman–Crippen LogP) is 11.7. The van der Waals surface area contributed by atoms with E-state index in [1.54, 1.807) is 0 Å². The van der Waals surface area contributed by atoms with Gasteiger partial charge in [0.1, 0.15) is 0 Å². The summed E-state index contributed by atoms with van der Waals surface area (Å²) < 4.78 is 1.18. The van der Waals surface area contributed by atoms with Crippen molar-refractivity contribution in [3.8, 4) is 0 Å². The van der Waals surface area contributed by atoms with Crippen LogP contribution in [0.4, 0.5) is 0 Å². The maximum Gasteiger partial charge on any atom is 0.179 e. The number of ketones is 3. The molecule has 0 radical (unpaired) electrons. The SMILES string of the molecule is CCCC(C(=O)c1ccc(I)cc1)N1CCCC1.CCCC(C(=O)c1ccc2ccccc2c1)N1CCCC1.Cc1ccc(C(=O)C(CC(C)C)N2CCCC2)cc1. The lowest BCUT2D eigenvalue weighted by atomic mass is 9.94. The summed E-state index contributed by atoms with van der Waals surface area (Å²) in [4.78, 5) is 45.4. The van der Waals surface area contributed by atoms with Gasteiger partial charge < -0.3 is 0 Å². The standard InChI is InChI=1S/C19H23NO.C17H25NO.C15H20INO/c1-2-7-18(20-12-5-6-13-20)19(21)17-11-10-15-8-3-4-9-16(15)14-17;1-13(2)12-16(18-10-4-5-11-18)17(19)15-8-6-14(3)7-9-15;1-2-5-14(17-10-3-4-11-17)15(18)12-6-8-13(16)9-7-12/h3-4,8-11,14,18H,2,5-7,12-13H2,1H3;6-9,13,16H,4-5,10-12H2,1-3H3;6-9,14H,2-5,10-11H2,1H3. The van der Waals surface area contributed by atoms with E-state index in [-0.39, 0.29) is 18.1 Å². The number of likely N-dealkylation sites (tertiary alicyclic amines) is 3. The van der Waals surface area contributed by atoms with Crippen molar-refractivity contribution in [2.75, 3.05) is 39.3 Å². The molecule has 6 nitrogen and oxygen atoms in total. The van der Waals surface area contributed by atoms with Gasteiger partial charge in [-0.05, 0) is 161 Å². The first-order valence-electron chi connectivity index (χ1n) is 22.2. The maximum absolute atomic E-state index is 12.9. The molecule has 3 heterocycles. The Labute approximate surface area is 363 Å². The summed E-state index contributed by atoms with van der Waals surface area (Å²) in [5, 5.41) is 2.35. The zero-order chi connectivity index (χ0) is 41.4. The van der Waals surface area contributed by atoms with Crippen LogP contribution in [0.1, 0.15) is 135 Å². The average Bonchev–Trinajstić information content (AvgIpc) is 4.07. The molecule has 7 rings (SSSR count). The highest BCUT2D eigenvalue weighted by Crippen LogP contribution is 2.24. The van der Waals surface area contributed by atoms with Gasteiger partial charge in [0, 0.05) is 20.3 Å². The van der Waals surface area contributed by atoms with E-state index in [4.69, 9.17) is 0 Å². The van der Waals surface area contributed by atoms with Gasteiger partial charge in [-0.2, -0.15) is 0 Å². The Kier molecular flexibility index (Phi) is 18.6. The van der Waals surface area contributed by atoms with Gasteiger partial charge >= 0.3 is 0 Å². The second kappa shape index (κ2) is 23.5. The average molecular weight is 898 g/mol. The number of carbonyl (C=O) groups is 3. The number of Topliss-reactive ketones (excluding diaryl/α,β-unsaturated/α-hetero) is 3. The molecule has 0 amide bonds. The highest BCUT2D eigenvalue weighted by atomic mass is 127. The van der Waals surface area contributed by atoms with E-state index in [0.29, 0.717) is 23.3 Å². The molecule has 0 spiro atoms. The summed E-state index contributed by atoms with van der Waals surface area (Å²) in [5.74, 6) is 1.45. The van der Waals surface area contributed by atoms with Crippen molar-refractivity contribution in [3.05, 3.63) is 117 Å². The number of nitrogens with zero attached hydrogens (tertiary/aromatic N) is 3. The monoisotopic (exact) mass is 897 g/mol. The lowest BCUT2D eigenvalue weighted by Crippen LogP contribution is -2.40. The summed E-state index contributed by atoms with van der Waals surface area (Å²) in [6.07, 6.45) is 12.4. The third kappa shape index (κ3) is 13.1. The van der Waals surface area contributed by atoms with Gasteiger partial charge in [-0.15, -0.1) is 0 Å². The van der Waals surface area contributed by atoms with Crippen molar-refractivity contribution in [1.29, 1.82) is 0 Å². The Balaban J connectivity index is 0.000000166. The van der Waals surface area contributed by atoms with E-state index in [1.165, 1.54) is 53.0 Å². The summed E-state index contributed by atoms with van der Waals surface area (Å²) in [6.45, 7) is 17.2. The topological polar surface area (TPSA) is 60.9 Å². The van der Waals surface area contributed by atoms with Gasteiger partial charge in [0.2, 0.25) is 0 Å². The lowest BCUT2D eigenvalue weighted by Gasteiger charge is -2.27. The van der Waals surface area contributed by atoms with Crippen molar-refractivity contribution in [1.82, 2.24) is 14.7 Å². The van der Waals surface area contributed by atoms with E-state index in [0.717, 1.165) is 93.4 Å². The second-order valence-electron chi connectivity index (χ2n) is 17.0. The molecule has 3 saturated heterocycles. The van der Waals surface area contributed by atoms with Crippen molar-refractivity contribution in [2.45, 2.75) is 123 Å². The van der Waals surface area contributed by atoms with Gasteiger partial charge in [-0.1, -0.05) is 119 Å². The quantitative estimate of drug-likeness (QED) is 0.0875. The molecule has 3 aliphatic heterocycles. The minimum absolute atomic E-state index is 0.0682. The normalized spacial score (nSPS) is 17.6. The molecule has 4 aromatic carbocycles. The molecule has 0 saturated carbocycles.